The molecule has 3 rings (SSSR count). The Morgan fingerprint density at radius 1 is 1.29 bits per heavy atom. The van der Waals surface area contributed by atoms with Gasteiger partial charge in [0.1, 0.15) is 18.2 Å². The van der Waals surface area contributed by atoms with Crippen LogP contribution in [0.5, 0.6) is 11.5 Å². The number of nitrogens with zero attached hydrogens (tertiary/aromatic N) is 1. The zero-order valence-electron chi connectivity index (χ0n) is 12.6. The van der Waals surface area contributed by atoms with E-state index < -0.39 is 0 Å². The van der Waals surface area contributed by atoms with Crippen LogP contribution in [0.2, 0.25) is 0 Å². The van der Waals surface area contributed by atoms with Gasteiger partial charge < -0.3 is 14.8 Å². The number of fused-ring (bicyclic) bond motifs is 1. The van der Waals surface area contributed by atoms with E-state index in [2.05, 4.69) is 26.1 Å². The number of aromatic nitrogens is 1. The second kappa shape index (κ2) is 6.03. The molecule has 0 fully saturated rings. The molecule has 0 saturated heterocycles. The van der Waals surface area contributed by atoms with Gasteiger partial charge in [0.15, 0.2) is 11.5 Å². The minimum atomic E-state index is 0.332. The zero-order valence-corrected chi connectivity index (χ0v) is 13.4. The summed E-state index contributed by atoms with van der Waals surface area (Å²) in [4.78, 5) is 6.01. The summed E-state index contributed by atoms with van der Waals surface area (Å²) in [5.41, 5.74) is 2.18. The summed E-state index contributed by atoms with van der Waals surface area (Å²) >= 11 is 1.74. The van der Waals surface area contributed by atoms with E-state index in [-0.39, 0.29) is 0 Å². The summed E-state index contributed by atoms with van der Waals surface area (Å²) in [7, 11) is 0. The maximum atomic E-state index is 5.65. The number of rotatable bonds is 4. The number of ether oxygens (including phenoxy) is 2. The van der Waals surface area contributed by atoms with Crippen LogP contribution in [-0.4, -0.2) is 24.7 Å². The van der Waals surface area contributed by atoms with Crippen LogP contribution in [0.15, 0.2) is 18.2 Å². The largest absolute Gasteiger partial charge is 0.486 e. The summed E-state index contributed by atoms with van der Waals surface area (Å²) in [5.74, 6) is 1.63. The third kappa shape index (κ3) is 2.89. The maximum absolute atomic E-state index is 5.65. The topological polar surface area (TPSA) is 43.4 Å². The fourth-order valence-electron chi connectivity index (χ4n) is 2.51. The van der Waals surface area contributed by atoms with Crippen molar-refractivity contribution in [3.8, 4) is 22.1 Å². The molecule has 1 aliphatic heterocycles. The first-order valence-electron chi connectivity index (χ1n) is 7.29. The van der Waals surface area contributed by atoms with Crippen molar-refractivity contribution in [3.63, 3.8) is 0 Å². The predicted molar refractivity (Wildman–Crippen MR) is 85.4 cm³/mol. The number of thiazole rings is 1. The summed E-state index contributed by atoms with van der Waals surface area (Å²) in [5, 5.41) is 4.47. The van der Waals surface area contributed by atoms with E-state index >= 15 is 0 Å². The summed E-state index contributed by atoms with van der Waals surface area (Å²) in [6, 6.07) is 6.37. The van der Waals surface area contributed by atoms with E-state index in [0.717, 1.165) is 34.3 Å². The molecule has 2 aromatic rings. The first kappa shape index (κ1) is 14.4. The summed E-state index contributed by atoms with van der Waals surface area (Å²) < 4.78 is 11.2. The molecule has 2 heterocycles. The van der Waals surface area contributed by atoms with Gasteiger partial charge in [-0.3, -0.25) is 0 Å². The average Bonchev–Trinajstić information content (AvgIpc) is 2.89. The van der Waals surface area contributed by atoms with E-state index in [0.29, 0.717) is 19.3 Å². The molecular weight excluding hydrogens is 284 g/mol. The number of benzene rings is 1. The molecule has 1 aromatic carbocycles. The van der Waals surface area contributed by atoms with Crippen LogP contribution in [0.3, 0.4) is 0 Å². The predicted octanol–water partition coefficient (Wildman–Crippen LogP) is 3.56. The molecule has 0 radical (unpaired) electrons. The molecule has 21 heavy (non-hydrogen) atoms. The molecule has 0 aliphatic carbocycles. The van der Waals surface area contributed by atoms with Gasteiger partial charge >= 0.3 is 0 Å². The Labute approximate surface area is 129 Å². The van der Waals surface area contributed by atoms with Crippen LogP contribution in [0.1, 0.15) is 30.5 Å². The first-order chi connectivity index (χ1) is 10.2. The van der Waals surface area contributed by atoms with E-state index in [1.165, 1.54) is 4.88 Å². The molecule has 0 amide bonds. The monoisotopic (exact) mass is 304 g/mol. The normalized spacial score (nSPS) is 15.0. The third-order valence-electron chi connectivity index (χ3n) is 3.53. The van der Waals surface area contributed by atoms with Crippen molar-refractivity contribution < 1.29 is 9.47 Å². The van der Waals surface area contributed by atoms with E-state index in [1.807, 2.05) is 18.2 Å². The van der Waals surface area contributed by atoms with Crippen molar-refractivity contribution in [2.75, 3.05) is 19.8 Å². The Balaban J connectivity index is 1.92. The van der Waals surface area contributed by atoms with E-state index in [4.69, 9.17) is 14.5 Å². The summed E-state index contributed by atoms with van der Waals surface area (Å²) in [6.07, 6.45) is 0. The Morgan fingerprint density at radius 2 is 2.05 bits per heavy atom. The van der Waals surface area contributed by atoms with Gasteiger partial charge in [-0.2, -0.15) is 0 Å². The SMILES string of the molecule is CCNC(C)c1sc(-c2ccc3c(c2)OCCO3)nc1C. The van der Waals surface area contributed by atoms with Gasteiger partial charge in [0.25, 0.3) is 0 Å². The maximum Gasteiger partial charge on any atom is 0.162 e. The molecule has 0 bridgehead atoms. The fourth-order valence-corrected chi connectivity index (χ4v) is 3.60. The van der Waals surface area contributed by atoms with Gasteiger partial charge in [-0.15, -0.1) is 11.3 Å². The highest BCUT2D eigenvalue weighted by atomic mass is 32.1. The molecule has 0 spiro atoms. The van der Waals surface area contributed by atoms with Gasteiger partial charge in [0, 0.05) is 16.5 Å². The van der Waals surface area contributed by atoms with Crippen LogP contribution < -0.4 is 14.8 Å². The lowest BCUT2D eigenvalue weighted by atomic mass is 10.2. The van der Waals surface area contributed by atoms with Gasteiger partial charge in [-0.1, -0.05) is 6.92 Å². The van der Waals surface area contributed by atoms with Crippen molar-refractivity contribution in [1.29, 1.82) is 0 Å². The number of hydrogen-bond acceptors (Lipinski definition) is 5. The minimum Gasteiger partial charge on any atom is -0.486 e. The van der Waals surface area contributed by atoms with Crippen molar-refractivity contribution in [2.24, 2.45) is 0 Å². The van der Waals surface area contributed by atoms with Crippen LogP contribution >= 0.6 is 11.3 Å². The lowest BCUT2D eigenvalue weighted by Gasteiger charge is -2.18. The van der Waals surface area contributed by atoms with Gasteiger partial charge in [0.2, 0.25) is 0 Å². The van der Waals surface area contributed by atoms with Crippen LogP contribution in [-0.2, 0) is 0 Å². The molecule has 1 aliphatic rings. The molecule has 1 aromatic heterocycles. The number of hydrogen-bond donors (Lipinski definition) is 1. The second-order valence-electron chi connectivity index (χ2n) is 5.11. The fraction of sp³-hybridized carbons (Fsp3) is 0.438. The van der Waals surface area contributed by atoms with E-state index in [9.17, 15) is 0 Å². The Kier molecular flexibility index (Phi) is 4.12. The average molecular weight is 304 g/mol. The second-order valence-corrected chi connectivity index (χ2v) is 6.14. The highest BCUT2D eigenvalue weighted by molar-refractivity contribution is 7.15. The molecular formula is C16H20N2O2S. The first-order valence-corrected chi connectivity index (χ1v) is 8.11. The standard InChI is InChI=1S/C16H20N2O2S/c1-4-17-10(2)15-11(3)18-16(21-15)12-5-6-13-14(9-12)20-8-7-19-13/h5-6,9-10,17H,4,7-8H2,1-3H3. The highest BCUT2D eigenvalue weighted by Crippen LogP contribution is 2.37. The Hall–Kier alpha value is -1.59. The number of nitrogens with one attached hydrogen (secondary N) is 1. The quantitative estimate of drug-likeness (QED) is 0.938. The van der Waals surface area contributed by atoms with Gasteiger partial charge in [0.05, 0.1) is 5.69 Å². The van der Waals surface area contributed by atoms with Crippen molar-refractivity contribution in [3.05, 3.63) is 28.8 Å². The van der Waals surface area contributed by atoms with Crippen LogP contribution in [0.4, 0.5) is 0 Å². The third-order valence-corrected chi connectivity index (χ3v) is 4.91. The molecule has 4 nitrogen and oxygen atoms in total. The smallest absolute Gasteiger partial charge is 0.162 e. The molecule has 1 unspecified atom stereocenters. The Bertz CT molecular complexity index is 639. The molecule has 5 heteroatoms. The van der Waals surface area contributed by atoms with Crippen molar-refractivity contribution in [2.45, 2.75) is 26.8 Å². The van der Waals surface area contributed by atoms with Crippen LogP contribution in [0, 0.1) is 6.92 Å². The summed E-state index contributed by atoms with van der Waals surface area (Å²) in [6.45, 7) is 8.55. The minimum absolute atomic E-state index is 0.332. The lowest BCUT2D eigenvalue weighted by Crippen LogP contribution is -2.17. The van der Waals surface area contributed by atoms with Crippen molar-refractivity contribution >= 4 is 11.3 Å². The molecule has 1 N–H and O–H groups in total. The van der Waals surface area contributed by atoms with Gasteiger partial charge in [-0.05, 0) is 38.6 Å². The van der Waals surface area contributed by atoms with Crippen LogP contribution in [0.25, 0.3) is 10.6 Å². The number of aryl methyl sites for hydroxylation is 1. The molecule has 0 saturated carbocycles. The Morgan fingerprint density at radius 3 is 2.81 bits per heavy atom. The van der Waals surface area contributed by atoms with E-state index in [1.54, 1.807) is 11.3 Å². The van der Waals surface area contributed by atoms with Gasteiger partial charge in [-0.25, -0.2) is 4.98 Å². The lowest BCUT2D eigenvalue weighted by molar-refractivity contribution is 0.171. The molecule has 1 atom stereocenters. The molecule has 112 valence electrons. The zero-order chi connectivity index (χ0) is 14.8. The highest BCUT2D eigenvalue weighted by Gasteiger charge is 2.17. The van der Waals surface area contributed by atoms with Crippen molar-refractivity contribution in [1.82, 2.24) is 10.3 Å².